The third kappa shape index (κ3) is 12.9. The van der Waals surface area contributed by atoms with Crippen molar-refractivity contribution in [3.63, 3.8) is 0 Å². The molecule has 0 spiro atoms. The standard InChI is InChI=1S/C22H39NO3S/c1-3-4-5-6-7-8-9-10-11-12-17-23(18-14-19-27(24,25)26)22-16-13-15-21(2)20-22/h13,15-16,20H,3-12,14,17-19H2,1-2H3,(H,24,25,26)/p-1. The Bertz CT molecular complexity index is 601. The molecule has 27 heavy (non-hydrogen) atoms. The van der Waals surface area contributed by atoms with Crippen LogP contribution in [0.25, 0.3) is 0 Å². The van der Waals surface area contributed by atoms with Crippen molar-refractivity contribution in [2.75, 3.05) is 23.7 Å². The van der Waals surface area contributed by atoms with Gasteiger partial charge >= 0.3 is 0 Å². The number of aryl methyl sites for hydroxylation is 1. The number of nitrogens with zero attached hydrogens (tertiary/aromatic N) is 1. The number of unbranched alkanes of at least 4 members (excludes halogenated alkanes) is 9. The van der Waals surface area contributed by atoms with E-state index in [9.17, 15) is 13.0 Å². The molecule has 0 aliphatic rings. The summed E-state index contributed by atoms with van der Waals surface area (Å²) in [5.41, 5.74) is 2.31. The molecule has 1 rings (SSSR count). The first kappa shape index (κ1) is 24.0. The average Bonchev–Trinajstić information content (AvgIpc) is 2.60. The third-order valence-electron chi connectivity index (χ3n) is 4.97. The molecule has 0 fully saturated rings. The summed E-state index contributed by atoms with van der Waals surface area (Å²) in [5.74, 6) is -0.284. The van der Waals surface area contributed by atoms with Gasteiger partial charge in [-0.05, 0) is 37.5 Å². The van der Waals surface area contributed by atoms with Crippen molar-refractivity contribution in [1.29, 1.82) is 0 Å². The molecule has 0 atom stereocenters. The van der Waals surface area contributed by atoms with Gasteiger partial charge in [0, 0.05) is 24.5 Å². The molecule has 0 N–H and O–H groups in total. The number of anilines is 1. The molecule has 0 saturated heterocycles. The van der Waals surface area contributed by atoms with Gasteiger partial charge in [0.25, 0.3) is 0 Å². The van der Waals surface area contributed by atoms with Crippen LogP contribution in [0.5, 0.6) is 0 Å². The lowest BCUT2D eigenvalue weighted by molar-refractivity contribution is 0.461. The molecular formula is C22H38NO3S-. The Balaban J connectivity index is 2.30. The van der Waals surface area contributed by atoms with Crippen LogP contribution in [0.15, 0.2) is 24.3 Å². The van der Waals surface area contributed by atoms with Crippen LogP contribution in [-0.4, -0.2) is 31.8 Å². The van der Waals surface area contributed by atoms with Crippen LogP contribution in [-0.2, 0) is 10.1 Å². The van der Waals surface area contributed by atoms with Gasteiger partial charge in [-0.1, -0.05) is 76.8 Å². The summed E-state index contributed by atoms with van der Waals surface area (Å²) in [5, 5.41) is 0. The van der Waals surface area contributed by atoms with Gasteiger partial charge in [-0.15, -0.1) is 0 Å². The lowest BCUT2D eigenvalue weighted by Gasteiger charge is -2.25. The number of hydrogen-bond donors (Lipinski definition) is 0. The first-order chi connectivity index (χ1) is 12.9. The van der Waals surface area contributed by atoms with E-state index in [2.05, 4.69) is 36.9 Å². The van der Waals surface area contributed by atoms with Crippen molar-refractivity contribution in [2.24, 2.45) is 0 Å². The lowest BCUT2D eigenvalue weighted by atomic mass is 10.1. The summed E-state index contributed by atoms with van der Waals surface area (Å²) in [6.45, 7) is 5.84. The zero-order valence-corrected chi connectivity index (χ0v) is 18.1. The van der Waals surface area contributed by atoms with Crippen LogP contribution in [0.1, 0.15) is 83.1 Å². The second kappa shape index (κ2) is 14.0. The van der Waals surface area contributed by atoms with Crippen LogP contribution in [0.4, 0.5) is 5.69 Å². The second-order valence-corrected chi connectivity index (χ2v) is 9.15. The molecule has 0 aromatic heterocycles. The Hall–Kier alpha value is -1.07. The van der Waals surface area contributed by atoms with E-state index in [-0.39, 0.29) is 5.75 Å². The Morgan fingerprint density at radius 3 is 1.96 bits per heavy atom. The smallest absolute Gasteiger partial charge is 0.0946 e. The molecule has 0 aliphatic carbocycles. The van der Waals surface area contributed by atoms with E-state index < -0.39 is 10.1 Å². The SMILES string of the molecule is CCCCCCCCCCCCN(CCCS(=O)(=O)[O-])c1cccc(C)c1. The fourth-order valence-corrected chi connectivity index (χ4v) is 3.90. The molecular weight excluding hydrogens is 358 g/mol. The van der Waals surface area contributed by atoms with Gasteiger partial charge in [0.1, 0.15) is 0 Å². The topological polar surface area (TPSA) is 60.4 Å². The normalized spacial score (nSPS) is 11.7. The molecule has 0 amide bonds. The third-order valence-corrected chi connectivity index (χ3v) is 5.76. The minimum absolute atomic E-state index is 0.284. The second-order valence-electron chi connectivity index (χ2n) is 7.62. The Morgan fingerprint density at radius 2 is 1.41 bits per heavy atom. The summed E-state index contributed by atoms with van der Waals surface area (Å²) in [6.07, 6.45) is 13.4. The highest BCUT2D eigenvalue weighted by atomic mass is 32.2. The minimum Gasteiger partial charge on any atom is -0.748 e. The Morgan fingerprint density at radius 1 is 0.852 bits per heavy atom. The van der Waals surface area contributed by atoms with Crippen molar-refractivity contribution in [3.8, 4) is 0 Å². The molecule has 1 aromatic rings. The van der Waals surface area contributed by atoms with Crippen LogP contribution in [0.3, 0.4) is 0 Å². The first-order valence-electron chi connectivity index (χ1n) is 10.7. The Kier molecular flexibility index (Phi) is 12.4. The lowest BCUT2D eigenvalue weighted by Crippen LogP contribution is -2.27. The van der Waals surface area contributed by atoms with Gasteiger partial charge in [0.05, 0.1) is 10.1 Å². The highest BCUT2D eigenvalue weighted by Crippen LogP contribution is 2.18. The van der Waals surface area contributed by atoms with E-state index in [4.69, 9.17) is 0 Å². The maximum absolute atomic E-state index is 10.9. The monoisotopic (exact) mass is 396 g/mol. The van der Waals surface area contributed by atoms with E-state index in [1.165, 1.54) is 63.4 Å². The van der Waals surface area contributed by atoms with Crippen molar-refractivity contribution in [2.45, 2.75) is 84.5 Å². The fourth-order valence-electron chi connectivity index (χ4n) is 3.42. The number of benzene rings is 1. The quantitative estimate of drug-likeness (QED) is 0.267. The molecule has 4 nitrogen and oxygen atoms in total. The highest BCUT2D eigenvalue weighted by Gasteiger charge is 2.07. The predicted molar refractivity (Wildman–Crippen MR) is 114 cm³/mol. The zero-order chi connectivity index (χ0) is 20.0. The molecule has 156 valence electrons. The minimum atomic E-state index is -4.13. The van der Waals surface area contributed by atoms with Gasteiger partial charge in [0.2, 0.25) is 0 Å². The van der Waals surface area contributed by atoms with E-state index in [1.807, 2.05) is 6.07 Å². The largest absolute Gasteiger partial charge is 0.748 e. The average molecular weight is 397 g/mol. The molecule has 1 aromatic carbocycles. The fraction of sp³-hybridized carbons (Fsp3) is 0.727. The Labute approximate surface area is 167 Å². The van der Waals surface area contributed by atoms with Crippen LogP contribution in [0.2, 0.25) is 0 Å². The molecule has 0 saturated carbocycles. The summed E-state index contributed by atoms with van der Waals surface area (Å²) in [4.78, 5) is 2.23. The van der Waals surface area contributed by atoms with Crippen LogP contribution < -0.4 is 4.90 Å². The zero-order valence-electron chi connectivity index (χ0n) is 17.3. The van der Waals surface area contributed by atoms with E-state index in [0.29, 0.717) is 13.0 Å². The highest BCUT2D eigenvalue weighted by molar-refractivity contribution is 7.85. The van der Waals surface area contributed by atoms with Crippen LogP contribution in [0, 0.1) is 6.92 Å². The van der Waals surface area contributed by atoms with Gasteiger partial charge in [-0.2, -0.15) is 0 Å². The van der Waals surface area contributed by atoms with E-state index in [0.717, 1.165) is 18.7 Å². The number of hydrogen-bond acceptors (Lipinski definition) is 4. The van der Waals surface area contributed by atoms with E-state index in [1.54, 1.807) is 0 Å². The van der Waals surface area contributed by atoms with Gasteiger partial charge in [-0.3, -0.25) is 0 Å². The summed E-state index contributed by atoms with van der Waals surface area (Å²) >= 11 is 0. The molecule has 0 aliphatic heterocycles. The first-order valence-corrected chi connectivity index (χ1v) is 12.3. The maximum atomic E-state index is 10.9. The van der Waals surface area contributed by atoms with Crippen molar-refractivity contribution in [3.05, 3.63) is 29.8 Å². The molecule has 0 unspecified atom stereocenters. The van der Waals surface area contributed by atoms with Gasteiger partial charge < -0.3 is 9.45 Å². The molecule has 0 heterocycles. The molecule has 0 radical (unpaired) electrons. The predicted octanol–water partition coefficient (Wildman–Crippen LogP) is 5.66. The van der Waals surface area contributed by atoms with Gasteiger partial charge in [-0.25, -0.2) is 8.42 Å². The van der Waals surface area contributed by atoms with E-state index >= 15 is 0 Å². The molecule has 5 heteroatoms. The molecule has 0 bridgehead atoms. The van der Waals surface area contributed by atoms with Crippen molar-refractivity contribution >= 4 is 15.8 Å². The summed E-state index contributed by atoms with van der Waals surface area (Å²) in [6, 6.07) is 8.28. The summed E-state index contributed by atoms with van der Waals surface area (Å²) < 4.78 is 32.6. The summed E-state index contributed by atoms with van der Waals surface area (Å²) in [7, 11) is -4.13. The maximum Gasteiger partial charge on any atom is 0.0946 e. The van der Waals surface area contributed by atoms with Gasteiger partial charge in [0.15, 0.2) is 0 Å². The number of rotatable bonds is 16. The van der Waals surface area contributed by atoms with Crippen LogP contribution >= 0.6 is 0 Å². The van der Waals surface area contributed by atoms with Crippen molar-refractivity contribution < 1.29 is 13.0 Å². The van der Waals surface area contributed by atoms with Crippen molar-refractivity contribution in [1.82, 2.24) is 0 Å².